The second-order valence-corrected chi connectivity index (χ2v) is 7.61. The Balaban J connectivity index is 2.22. The topological polar surface area (TPSA) is 98.5 Å². The summed E-state index contributed by atoms with van der Waals surface area (Å²) in [5.41, 5.74) is 1.80. The second kappa shape index (κ2) is 7.43. The van der Waals surface area contributed by atoms with Crippen molar-refractivity contribution in [2.45, 2.75) is 31.8 Å². The number of sulfonamides is 1. The molecule has 0 aliphatic heterocycles. The van der Waals surface area contributed by atoms with Crippen LogP contribution in [0.25, 0.3) is 0 Å². The Bertz CT molecular complexity index is 913. The molecule has 2 rings (SSSR count). The molecule has 1 amide bonds. The van der Waals surface area contributed by atoms with E-state index in [0.717, 1.165) is 5.56 Å². The van der Waals surface area contributed by atoms with Crippen LogP contribution in [0.4, 0.5) is 5.69 Å². The van der Waals surface area contributed by atoms with Crippen LogP contribution in [-0.4, -0.2) is 20.4 Å². The lowest BCUT2D eigenvalue weighted by molar-refractivity contribution is -0.122. The molecule has 0 fully saturated rings. The van der Waals surface area contributed by atoms with E-state index in [1.54, 1.807) is 45.0 Å². The Morgan fingerprint density at radius 1 is 1.24 bits per heavy atom. The van der Waals surface area contributed by atoms with E-state index in [0.29, 0.717) is 22.0 Å². The minimum atomic E-state index is -3.87. The fraction of sp³-hybridized carbons (Fsp3) is 0.235. The zero-order chi connectivity index (χ0) is 18.8. The second-order valence-electron chi connectivity index (χ2n) is 5.64. The third-order valence-corrected chi connectivity index (χ3v) is 4.94. The van der Waals surface area contributed by atoms with Crippen LogP contribution >= 0.6 is 11.6 Å². The van der Waals surface area contributed by atoms with E-state index in [-0.39, 0.29) is 4.90 Å². The summed E-state index contributed by atoms with van der Waals surface area (Å²) in [7, 11) is -3.87. The number of nitrogens with two attached hydrogens (primary N) is 1. The number of carbonyl (C=O) groups excluding carboxylic acids is 1. The van der Waals surface area contributed by atoms with Gasteiger partial charge in [-0.05, 0) is 56.2 Å². The molecule has 1 atom stereocenters. The van der Waals surface area contributed by atoms with Crippen molar-refractivity contribution < 1.29 is 17.9 Å². The first-order chi connectivity index (χ1) is 11.6. The van der Waals surface area contributed by atoms with Gasteiger partial charge in [-0.25, -0.2) is 13.6 Å². The van der Waals surface area contributed by atoms with Crippen LogP contribution in [0.1, 0.15) is 18.1 Å². The number of carbonyl (C=O) groups is 1. The maximum Gasteiger partial charge on any atom is 0.265 e. The summed E-state index contributed by atoms with van der Waals surface area (Å²) in [6.45, 7) is 5.09. The molecule has 0 aliphatic rings. The molecule has 0 spiro atoms. The van der Waals surface area contributed by atoms with Crippen molar-refractivity contribution in [3.8, 4) is 5.75 Å². The molecule has 0 aromatic heterocycles. The lowest BCUT2D eigenvalue weighted by atomic mass is 10.1. The predicted molar refractivity (Wildman–Crippen MR) is 97.5 cm³/mol. The van der Waals surface area contributed by atoms with Crippen LogP contribution in [0.15, 0.2) is 41.3 Å². The van der Waals surface area contributed by atoms with Gasteiger partial charge in [-0.15, -0.1) is 0 Å². The summed E-state index contributed by atoms with van der Waals surface area (Å²) >= 11 is 6.01. The summed E-state index contributed by atoms with van der Waals surface area (Å²) in [4.78, 5) is 12.3. The Morgan fingerprint density at radius 2 is 1.88 bits per heavy atom. The summed E-state index contributed by atoms with van der Waals surface area (Å²) < 4.78 is 28.7. The summed E-state index contributed by atoms with van der Waals surface area (Å²) in [6, 6.07) is 9.61. The molecule has 1 unspecified atom stereocenters. The first-order valence-electron chi connectivity index (χ1n) is 7.45. The number of hydrogen-bond donors (Lipinski definition) is 2. The van der Waals surface area contributed by atoms with Crippen LogP contribution in [0.5, 0.6) is 5.75 Å². The van der Waals surface area contributed by atoms with Crippen molar-refractivity contribution in [2.75, 3.05) is 5.32 Å². The van der Waals surface area contributed by atoms with E-state index >= 15 is 0 Å². The van der Waals surface area contributed by atoms with Gasteiger partial charge in [0.15, 0.2) is 6.10 Å². The molecule has 0 radical (unpaired) electrons. The SMILES string of the molecule is Cc1cc(S(N)(=O)=O)cc(NC(=O)C(C)Oc2ccccc2Cl)c1C. The highest BCUT2D eigenvalue weighted by Gasteiger charge is 2.19. The van der Waals surface area contributed by atoms with Crippen molar-refractivity contribution in [1.82, 2.24) is 0 Å². The number of halogens is 1. The fourth-order valence-electron chi connectivity index (χ4n) is 2.14. The van der Waals surface area contributed by atoms with Crippen LogP contribution in [0.2, 0.25) is 5.02 Å². The number of primary sulfonamides is 1. The fourth-order valence-corrected chi connectivity index (χ4v) is 2.94. The average molecular weight is 383 g/mol. The maximum atomic E-state index is 12.4. The summed E-state index contributed by atoms with van der Waals surface area (Å²) in [5, 5.41) is 8.24. The zero-order valence-corrected chi connectivity index (χ0v) is 15.6. The Hall–Kier alpha value is -2.09. The third kappa shape index (κ3) is 4.72. The van der Waals surface area contributed by atoms with Gasteiger partial charge < -0.3 is 10.1 Å². The number of para-hydroxylation sites is 1. The molecular formula is C17H19ClN2O4S. The Morgan fingerprint density at radius 3 is 2.48 bits per heavy atom. The quantitative estimate of drug-likeness (QED) is 0.830. The highest BCUT2D eigenvalue weighted by molar-refractivity contribution is 7.89. The van der Waals surface area contributed by atoms with E-state index in [4.69, 9.17) is 21.5 Å². The monoisotopic (exact) mass is 382 g/mol. The molecule has 6 nitrogen and oxygen atoms in total. The summed E-state index contributed by atoms with van der Waals surface area (Å²) in [6.07, 6.45) is -0.835. The number of aryl methyl sites for hydroxylation is 1. The first-order valence-corrected chi connectivity index (χ1v) is 9.38. The molecular weight excluding hydrogens is 364 g/mol. The van der Waals surface area contributed by atoms with Gasteiger partial charge in [-0.1, -0.05) is 23.7 Å². The molecule has 2 aromatic rings. The van der Waals surface area contributed by atoms with E-state index in [1.807, 2.05) is 0 Å². The molecule has 0 aliphatic carbocycles. The number of nitrogens with one attached hydrogen (secondary N) is 1. The lowest BCUT2D eigenvalue weighted by Crippen LogP contribution is -2.30. The highest BCUT2D eigenvalue weighted by atomic mass is 35.5. The zero-order valence-electron chi connectivity index (χ0n) is 14.0. The van der Waals surface area contributed by atoms with Crippen LogP contribution < -0.4 is 15.2 Å². The van der Waals surface area contributed by atoms with Crippen molar-refractivity contribution in [3.05, 3.63) is 52.5 Å². The number of rotatable bonds is 5. The largest absolute Gasteiger partial charge is 0.479 e. The van der Waals surface area contributed by atoms with Gasteiger partial charge in [0.05, 0.1) is 9.92 Å². The normalized spacial score (nSPS) is 12.5. The van der Waals surface area contributed by atoms with Crippen molar-refractivity contribution in [1.29, 1.82) is 0 Å². The van der Waals surface area contributed by atoms with Gasteiger partial charge in [-0.2, -0.15) is 0 Å². The standard InChI is InChI=1S/C17H19ClN2O4S/c1-10-8-13(25(19,22)23)9-15(11(10)2)20-17(21)12(3)24-16-7-5-4-6-14(16)18/h4-9,12H,1-3H3,(H,20,21)(H2,19,22,23). The van der Waals surface area contributed by atoms with Crippen LogP contribution in [-0.2, 0) is 14.8 Å². The molecule has 25 heavy (non-hydrogen) atoms. The molecule has 0 bridgehead atoms. The van der Waals surface area contributed by atoms with Crippen LogP contribution in [0, 0.1) is 13.8 Å². The van der Waals surface area contributed by atoms with Crippen LogP contribution in [0.3, 0.4) is 0 Å². The molecule has 0 heterocycles. The maximum absolute atomic E-state index is 12.4. The van der Waals surface area contributed by atoms with Crippen molar-refractivity contribution in [2.24, 2.45) is 5.14 Å². The Kier molecular flexibility index (Phi) is 5.72. The molecule has 8 heteroatoms. The first kappa shape index (κ1) is 19.2. The highest BCUT2D eigenvalue weighted by Crippen LogP contribution is 2.26. The minimum Gasteiger partial charge on any atom is -0.479 e. The average Bonchev–Trinajstić information content (AvgIpc) is 2.52. The number of anilines is 1. The van der Waals surface area contributed by atoms with Gasteiger partial charge >= 0.3 is 0 Å². The minimum absolute atomic E-state index is 0.0643. The molecule has 134 valence electrons. The van der Waals surface area contributed by atoms with Gasteiger partial charge in [-0.3, -0.25) is 4.79 Å². The molecule has 0 saturated heterocycles. The van der Waals surface area contributed by atoms with E-state index in [1.165, 1.54) is 12.1 Å². The van der Waals surface area contributed by atoms with E-state index in [9.17, 15) is 13.2 Å². The molecule has 3 N–H and O–H groups in total. The third-order valence-electron chi connectivity index (χ3n) is 3.74. The predicted octanol–water partition coefficient (Wildman–Crippen LogP) is 3.01. The van der Waals surface area contributed by atoms with Crippen molar-refractivity contribution >= 4 is 33.2 Å². The summed E-state index contributed by atoms with van der Waals surface area (Å²) in [5.74, 6) is -0.0491. The Labute approximate surface area is 152 Å². The molecule has 2 aromatic carbocycles. The van der Waals surface area contributed by atoms with Gasteiger partial charge in [0.2, 0.25) is 10.0 Å². The number of ether oxygens (including phenoxy) is 1. The van der Waals surface area contributed by atoms with E-state index in [2.05, 4.69) is 5.32 Å². The van der Waals surface area contributed by atoms with Gasteiger partial charge in [0.1, 0.15) is 5.75 Å². The lowest BCUT2D eigenvalue weighted by Gasteiger charge is -2.17. The number of benzene rings is 2. The van der Waals surface area contributed by atoms with Gasteiger partial charge in [0, 0.05) is 5.69 Å². The van der Waals surface area contributed by atoms with E-state index < -0.39 is 22.0 Å². The smallest absolute Gasteiger partial charge is 0.265 e. The molecule has 0 saturated carbocycles. The number of amides is 1. The van der Waals surface area contributed by atoms with Crippen molar-refractivity contribution in [3.63, 3.8) is 0 Å². The van der Waals surface area contributed by atoms with Gasteiger partial charge in [0.25, 0.3) is 5.91 Å². The number of hydrogen-bond acceptors (Lipinski definition) is 4.